The summed E-state index contributed by atoms with van der Waals surface area (Å²) >= 11 is 0. The SMILES string of the molecule is Cn1cc(C2=CC=C3N=Cc4ccc(=O)n(-c5ccc(F)cc5C(F)(F)F)c4C3C2)cn1. The number of rotatable bonds is 2. The minimum Gasteiger partial charge on any atom is -0.279 e. The van der Waals surface area contributed by atoms with Crippen LogP contribution in [-0.4, -0.2) is 20.6 Å². The van der Waals surface area contributed by atoms with Crippen LogP contribution in [0.2, 0.25) is 0 Å². The number of aliphatic imine (C=N–C) groups is 1. The maximum atomic E-state index is 13.8. The molecule has 0 spiro atoms. The number of allylic oxidation sites excluding steroid dienone is 4. The predicted octanol–water partition coefficient (Wildman–Crippen LogP) is 4.62. The van der Waals surface area contributed by atoms with E-state index in [2.05, 4.69) is 10.1 Å². The molecule has 0 bridgehead atoms. The molecule has 1 aliphatic carbocycles. The molecule has 1 atom stereocenters. The normalized spacial score (nSPS) is 17.5. The molecule has 162 valence electrons. The minimum atomic E-state index is -4.84. The van der Waals surface area contributed by atoms with E-state index in [9.17, 15) is 22.4 Å². The van der Waals surface area contributed by atoms with Gasteiger partial charge in [0, 0.05) is 54.0 Å². The number of nitrogens with zero attached hydrogens (tertiary/aromatic N) is 4. The molecule has 0 N–H and O–H groups in total. The summed E-state index contributed by atoms with van der Waals surface area (Å²) in [5.41, 5.74) is 1.12. The van der Waals surface area contributed by atoms with Crippen molar-refractivity contribution in [3.05, 3.63) is 99.1 Å². The molecule has 2 aliphatic rings. The molecule has 9 heteroatoms. The van der Waals surface area contributed by atoms with E-state index in [1.54, 1.807) is 30.1 Å². The molecule has 3 aromatic rings. The second-order valence-corrected chi connectivity index (χ2v) is 7.71. The lowest BCUT2D eigenvalue weighted by atomic mass is 9.83. The maximum Gasteiger partial charge on any atom is 0.418 e. The highest BCUT2D eigenvalue weighted by Gasteiger charge is 2.37. The number of aryl methyl sites for hydroxylation is 1. The third-order valence-corrected chi connectivity index (χ3v) is 5.66. The van der Waals surface area contributed by atoms with Crippen molar-refractivity contribution in [2.75, 3.05) is 0 Å². The van der Waals surface area contributed by atoms with Crippen molar-refractivity contribution in [3.8, 4) is 5.69 Å². The van der Waals surface area contributed by atoms with Gasteiger partial charge in [0.1, 0.15) is 5.82 Å². The molecule has 5 nitrogen and oxygen atoms in total. The first-order chi connectivity index (χ1) is 15.2. The van der Waals surface area contributed by atoms with E-state index in [0.717, 1.165) is 27.8 Å². The van der Waals surface area contributed by atoms with Crippen LogP contribution < -0.4 is 5.56 Å². The third kappa shape index (κ3) is 3.30. The van der Waals surface area contributed by atoms with Crippen LogP contribution in [0.15, 0.2) is 70.4 Å². The Kier molecular flexibility index (Phi) is 4.51. The molecular formula is C23H16F4N4O. The van der Waals surface area contributed by atoms with Crippen LogP contribution in [0, 0.1) is 5.82 Å². The van der Waals surface area contributed by atoms with Crippen LogP contribution in [0.3, 0.4) is 0 Å². The molecule has 1 unspecified atom stereocenters. The van der Waals surface area contributed by atoms with E-state index < -0.39 is 34.7 Å². The largest absolute Gasteiger partial charge is 0.418 e. The van der Waals surface area contributed by atoms with E-state index in [1.807, 2.05) is 12.3 Å². The van der Waals surface area contributed by atoms with Crippen molar-refractivity contribution in [2.24, 2.45) is 12.0 Å². The molecule has 32 heavy (non-hydrogen) atoms. The Morgan fingerprint density at radius 2 is 1.94 bits per heavy atom. The lowest BCUT2D eigenvalue weighted by Gasteiger charge is -2.30. The topological polar surface area (TPSA) is 52.2 Å². The van der Waals surface area contributed by atoms with Gasteiger partial charge in [0.05, 0.1) is 17.4 Å². The Labute approximate surface area is 179 Å². The van der Waals surface area contributed by atoms with Gasteiger partial charge in [-0.1, -0.05) is 6.08 Å². The number of alkyl halides is 3. The zero-order valence-electron chi connectivity index (χ0n) is 16.8. The Bertz CT molecular complexity index is 1390. The highest BCUT2D eigenvalue weighted by Crippen LogP contribution is 2.43. The van der Waals surface area contributed by atoms with E-state index in [-0.39, 0.29) is 0 Å². The summed E-state index contributed by atoms with van der Waals surface area (Å²) in [6.45, 7) is 0. The quantitative estimate of drug-likeness (QED) is 0.547. The number of benzene rings is 1. The number of fused-ring (bicyclic) bond motifs is 3. The van der Waals surface area contributed by atoms with Gasteiger partial charge in [-0.15, -0.1) is 0 Å². The fourth-order valence-corrected chi connectivity index (χ4v) is 4.22. The third-order valence-electron chi connectivity index (χ3n) is 5.66. The van der Waals surface area contributed by atoms with Crippen LogP contribution in [0.4, 0.5) is 17.6 Å². The highest BCUT2D eigenvalue weighted by atomic mass is 19.4. The molecule has 0 saturated heterocycles. The molecule has 0 fully saturated rings. The summed E-state index contributed by atoms with van der Waals surface area (Å²) in [6, 6.07) is 5.08. The number of aromatic nitrogens is 3. The minimum absolute atomic E-state index is 0.394. The summed E-state index contributed by atoms with van der Waals surface area (Å²) in [7, 11) is 1.79. The van der Waals surface area contributed by atoms with E-state index in [0.29, 0.717) is 29.4 Å². The Morgan fingerprint density at radius 1 is 1.12 bits per heavy atom. The van der Waals surface area contributed by atoms with Gasteiger partial charge in [0.2, 0.25) is 0 Å². The van der Waals surface area contributed by atoms with Crippen molar-refractivity contribution >= 4 is 11.8 Å². The lowest BCUT2D eigenvalue weighted by molar-refractivity contribution is -0.137. The van der Waals surface area contributed by atoms with Crippen LogP contribution >= 0.6 is 0 Å². The molecule has 5 rings (SSSR count). The second-order valence-electron chi connectivity index (χ2n) is 7.71. The molecule has 0 amide bonds. The standard InChI is InChI=1S/C23H16F4N4O/c1-30-12-15(11-29-30)13-2-5-19-17(8-13)22-14(10-28-19)3-7-21(32)31(22)20-6-4-16(24)9-18(20)23(25,26)27/h2-7,9-12,17H,8H2,1H3. The average molecular weight is 440 g/mol. The van der Waals surface area contributed by atoms with E-state index in [1.165, 1.54) is 12.3 Å². The van der Waals surface area contributed by atoms with Gasteiger partial charge >= 0.3 is 6.18 Å². The van der Waals surface area contributed by atoms with E-state index >= 15 is 0 Å². The molecule has 1 aliphatic heterocycles. The molecule has 0 radical (unpaired) electrons. The van der Waals surface area contributed by atoms with Gasteiger partial charge in [-0.05, 0) is 42.3 Å². The average Bonchev–Trinajstić information content (AvgIpc) is 3.19. The Balaban J connectivity index is 1.72. The van der Waals surface area contributed by atoms with Crippen molar-refractivity contribution in [2.45, 2.75) is 18.5 Å². The number of hydrogen-bond acceptors (Lipinski definition) is 3. The molecule has 2 aromatic heterocycles. The van der Waals surface area contributed by atoms with Crippen molar-refractivity contribution in [1.82, 2.24) is 14.3 Å². The van der Waals surface area contributed by atoms with Gasteiger partial charge in [-0.2, -0.15) is 18.3 Å². The van der Waals surface area contributed by atoms with Crippen LogP contribution in [0.5, 0.6) is 0 Å². The zero-order valence-corrected chi connectivity index (χ0v) is 16.8. The number of halogens is 4. The smallest absolute Gasteiger partial charge is 0.279 e. The van der Waals surface area contributed by atoms with E-state index in [4.69, 9.17) is 0 Å². The lowest BCUT2D eigenvalue weighted by Crippen LogP contribution is -2.29. The fraction of sp³-hybridized carbons (Fsp3) is 0.174. The van der Waals surface area contributed by atoms with Crippen LogP contribution in [0.1, 0.15) is 34.7 Å². The van der Waals surface area contributed by atoms with Crippen molar-refractivity contribution in [1.29, 1.82) is 0 Å². The fourth-order valence-electron chi connectivity index (χ4n) is 4.22. The Hall–Kier alpha value is -3.75. The highest BCUT2D eigenvalue weighted by molar-refractivity contribution is 5.86. The first kappa shape index (κ1) is 20.2. The molecular weight excluding hydrogens is 424 g/mol. The van der Waals surface area contributed by atoms with Gasteiger partial charge in [0.15, 0.2) is 0 Å². The molecule has 0 saturated carbocycles. The zero-order chi connectivity index (χ0) is 22.6. The maximum absolute atomic E-state index is 13.8. The van der Waals surface area contributed by atoms with Gasteiger partial charge in [-0.25, -0.2) is 4.39 Å². The van der Waals surface area contributed by atoms with Crippen LogP contribution in [0.25, 0.3) is 11.3 Å². The van der Waals surface area contributed by atoms with Crippen molar-refractivity contribution < 1.29 is 17.6 Å². The number of pyridine rings is 1. The number of hydrogen-bond donors (Lipinski definition) is 0. The molecule has 1 aromatic carbocycles. The predicted molar refractivity (Wildman–Crippen MR) is 111 cm³/mol. The monoisotopic (exact) mass is 440 g/mol. The van der Waals surface area contributed by atoms with Crippen LogP contribution in [-0.2, 0) is 13.2 Å². The summed E-state index contributed by atoms with van der Waals surface area (Å²) in [6.07, 6.45) is 4.37. The molecule has 3 heterocycles. The summed E-state index contributed by atoms with van der Waals surface area (Å²) < 4.78 is 57.7. The van der Waals surface area contributed by atoms with Gasteiger partial charge < -0.3 is 0 Å². The summed E-state index contributed by atoms with van der Waals surface area (Å²) in [5.74, 6) is -1.48. The summed E-state index contributed by atoms with van der Waals surface area (Å²) in [4.78, 5) is 17.3. The first-order valence-corrected chi connectivity index (χ1v) is 9.79. The van der Waals surface area contributed by atoms with Gasteiger partial charge in [0.25, 0.3) is 5.56 Å². The summed E-state index contributed by atoms with van der Waals surface area (Å²) in [5, 5.41) is 4.18. The first-order valence-electron chi connectivity index (χ1n) is 9.79. The second kappa shape index (κ2) is 7.15. The van der Waals surface area contributed by atoms with Gasteiger partial charge in [-0.3, -0.25) is 19.0 Å². The van der Waals surface area contributed by atoms with Crippen molar-refractivity contribution in [3.63, 3.8) is 0 Å². The Morgan fingerprint density at radius 3 is 2.66 bits per heavy atom.